The van der Waals surface area contributed by atoms with E-state index in [9.17, 15) is 14.4 Å². The number of thioether (sulfide) groups is 1. The number of β-lactam (4-membered cyclic amide) rings is 1. The zero-order valence-electron chi connectivity index (χ0n) is 21.1. The summed E-state index contributed by atoms with van der Waals surface area (Å²) in [6, 6.07) is 16.2. The van der Waals surface area contributed by atoms with Gasteiger partial charge in [-0.05, 0) is 47.6 Å². The highest BCUT2D eigenvalue weighted by Gasteiger charge is 2.59. The first kappa shape index (κ1) is 25.4. The highest BCUT2D eigenvalue weighted by atomic mass is 32.2. The minimum Gasteiger partial charge on any atom is -0.497 e. The number of ether oxygens (including phenoxy) is 2. The Labute approximate surface area is 221 Å². The molecular formula is C29H32N2O5S. The third-order valence-electron chi connectivity index (χ3n) is 7.30. The van der Waals surface area contributed by atoms with Crippen LogP contribution in [0, 0.1) is 5.92 Å². The number of esters is 1. The van der Waals surface area contributed by atoms with Crippen molar-refractivity contribution in [2.24, 2.45) is 5.92 Å². The SMILES string of the molecule is CCCC[C@H]1CC2=C(C(=O)OCc3ccc(OC)cc3)N3C(=O)[C@@H](NC(=O)Cc4ccccc4)[C@H]3S[C@H]21. The van der Waals surface area contributed by atoms with Crippen LogP contribution in [0.4, 0.5) is 0 Å². The Bertz CT molecular complexity index is 1200. The number of amides is 2. The molecule has 2 aliphatic heterocycles. The van der Waals surface area contributed by atoms with Crippen LogP contribution in [0.25, 0.3) is 0 Å². The Morgan fingerprint density at radius 1 is 1.08 bits per heavy atom. The summed E-state index contributed by atoms with van der Waals surface area (Å²) in [4.78, 5) is 40.8. The predicted octanol–water partition coefficient (Wildman–Crippen LogP) is 4.21. The molecule has 0 spiro atoms. The van der Waals surface area contributed by atoms with Crippen LogP contribution < -0.4 is 10.1 Å². The molecule has 1 aliphatic carbocycles. The quantitative estimate of drug-likeness (QED) is 0.373. The number of fused-ring (bicyclic) bond motifs is 2. The number of carbonyl (C=O) groups excluding carboxylic acids is 3. The average molecular weight is 521 g/mol. The van der Waals surface area contributed by atoms with Gasteiger partial charge in [-0.15, -0.1) is 11.8 Å². The van der Waals surface area contributed by atoms with E-state index >= 15 is 0 Å². The second-order valence-electron chi connectivity index (χ2n) is 9.77. The Kier molecular flexibility index (Phi) is 7.55. The van der Waals surface area contributed by atoms with Crippen LogP contribution in [-0.4, -0.2) is 46.5 Å². The lowest BCUT2D eigenvalue weighted by molar-refractivity contribution is -0.153. The van der Waals surface area contributed by atoms with E-state index in [1.807, 2.05) is 54.6 Å². The van der Waals surface area contributed by atoms with E-state index in [0.29, 0.717) is 11.6 Å². The van der Waals surface area contributed by atoms with Crippen LogP contribution in [0.2, 0.25) is 0 Å². The Hall–Kier alpha value is -3.26. The molecule has 1 saturated heterocycles. The molecule has 194 valence electrons. The predicted molar refractivity (Wildman–Crippen MR) is 142 cm³/mol. The molecule has 1 saturated carbocycles. The molecule has 0 radical (unpaired) electrons. The fourth-order valence-electron chi connectivity index (χ4n) is 5.23. The summed E-state index contributed by atoms with van der Waals surface area (Å²) in [6.07, 6.45) is 4.37. The maximum atomic E-state index is 13.3. The van der Waals surface area contributed by atoms with Crippen LogP contribution in [-0.2, 0) is 32.1 Å². The van der Waals surface area contributed by atoms with Gasteiger partial charge in [0.05, 0.1) is 13.5 Å². The van der Waals surface area contributed by atoms with Gasteiger partial charge >= 0.3 is 5.97 Å². The molecule has 8 heteroatoms. The van der Waals surface area contributed by atoms with Gasteiger partial charge in [0.25, 0.3) is 5.91 Å². The summed E-state index contributed by atoms with van der Waals surface area (Å²) < 4.78 is 10.9. The average Bonchev–Trinajstić information content (AvgIpc) is 2.91. The normalized spacial score (nSPS) is 23.8. The molecule has 5 rings (SSSR count). The Balaban J connectivity index is 1.30. The van der Waals surface area contributed by atoms with Gasteiger partial charge in [0.2, 0.25) is 5.91 Å². The highest BCUT2D eigenvalue weighted by molar-refractivity contribution is 8.01. The molecule has 0 unspecified atom stereocenters. The standard InChI is InChI=1S/C29H32N2O5S/c1-3-4-10-20-16-22-25(29(34)36-17-19-11-13-21(35-2)14-12-19)31-27(33)24(28(31)37-26(20)22)30-23(32)15-18-8-6-5-7-9-18/h5-9,11-14,20,24,26,28H,3-4,10,15-17H2,1-2H3,(H,30,32)/t20-,24+,26-,28+/m0/s1. The van der Waals surface area contributed by atoms with Gasteiger partial charge in [0, 0.05) is 5.25 Å². The van der Waals surface area contributed by atoms with Gasteiger partial charge < -0.3 is 14.8 Å². The number of unbranched alkanes of at least 4 members (excludes halogenated alkanes) is 1. The van der Waals surface area contributed by atoms with Gasteiger partial charge in [0.15, 0.2) is 0 Å². The number of hydrogen-bond donors (Lipinski definition) is 1. The lowest BCUT2D eigenvalue weighted by Crippen LogP contribution is -2.72. The smallest absolute Gasteiger partial charge is 0.355 e. The van der Waals surface area contributed by atoms with E-state index in [0.717, 1.165) is 48.1 Å². The molecule has 7 nitrogen and oxygen atoms in total. The monoisotopic (exact) mass is 520 g/mol. The molecule has 4 atom stereocenters. The van der Waals surface area contributed by atoms with Crippen molar-refractivity contribution in [2.45, 2.75) is 62.3 Å². The van der Waals surface area contributed by atoms with Gasteiger partial charge in [-0.2, -0.15) is 0 Å². The van der Waals surface area contributed by atoms with Crippen molar-refractivity contribution in [3.05, 3.63) is 77.0 Å². The van der Waals surface area contributed by atoms with Crippen LogP contribution in [0.1, 0.15) is 43.7 Å². The fraction of sp³-hybridized carbons (Fsp3) is 0.414. The number of benzene rings is 2. The zero-order chi connectivity index (χ0) is 25.9. The summed E-state index contributed by atoms with van der Waals surface area (Å²) in [7, 11) is 1.60. The first-order valence-electron chi connectivity index (χ1n) is 12.8. The third kappa shape index (κ3) is 5.12. The molecule has 0 aromatic heterocycles. The molecule has 37 heavy (non-hydrogen) atoms. The van der Waals surface area contributed by atoms with Crippen molar-refractivity contribution < 1.29 is 23.9 Å². The van der Waals surface area contributed by atoms with Gasteiger partial charge in [0.1, 0.15) is 29.5 Å². The number of hydrogen-bond acceptors (Lipinski definition) is 6. The maximum absolute atomic E-state index is 13.3. The molecule has 2 amide bonds. The van der Waals surface area contributed by atoms with Crippen LogP contribution in [0.5, 0.6) is 5.75 Å². The lowest BCUT2D eigenvalue weighted by atomic mass is 9.74. The van der Waals surface area contributed by atoms with Crippen molar-refractivity contribution in [3.63, 3.8) is 0 Å². The molecule has 1 N–H and O–H groups in total. The first-order chi connectivity index (χ1) is 18.0. The lowest BCUT2D eigenvalue weighted by Gasteiger charge is -2.56. The maximum Gasteiger partial charge on any atom is 0.355 e. The second-order valence-corrected chi connectivity index (χ2v) is 11.0. The topological polar surface area (TPSA) is 84.9 Å². The second kappa shape index (κ2) is 11.0. The fourth-order valence-corrected chi connectivity index (χ4v) is 7.03. The van der Waals surface area contributed by atoms with E-state index in [4.69, 9.17) is 9.47 Å². The minimum absolute atomic E-state index is 0.112. The summed E-state index contributed by atoms with van der Waals surface area (Å²) >= 11 is 1.70. The van der Waals surface area contributed by atoms with Crippen molar-refractivity contribution in [3.8, 4) is 5.75 Å². The molecular weight excluding hydrogens is 488 g/mol. The Morgan fingerprint density at radius 2 is 1.84 bits per heavy atom. The molecule has 2 heterocycles. The largest absolute Gasteiger partial charge is 0.497 e. The van der Waals surface area contributed by atoms with Gasteiger partial charge in [-0.1, -0.05) is 62.2 Å². The van der Waals surface area contributed by atoms with E-state index in [1.54, 1.807) is 23.8 Å². The van der Waals surface area contributed by atoms with Gasteiger partial charge in [-0.3, -0.25) is 14.5 Å². The number of nitrogens with one attached hydrogen (secondary N) is 1. The number of carbonyl (C=O) groups is 3. The van der Waals surface area contributed by atoms with Crippen molar-refractivity contribution in [2.75, 3.05) is 7.11 Å². The van der Waals surface area contributed by atoms with Crippen LogP contribution in [0.15, 0.2) is 65.9 Å². The Morgan fingerprint density at radius 3 is 2.54 bits per heavy atom. The first-order valence-corrected chi connectivity index (χ1v) is 13.8. The molecule has 0 bridgehead atoms. The molecule has 2 aromatic rings. The highest BCUT2D eigenvalue weighted by Crippen LogP contribution is 2.55. The van der Waals surface area contributed by atoms with Crippen molar-refractivity contribution in [1.29, 1.82) is 0 Å². The van der Waals surface area contributed by atoms with E-state index < -0.39 is 12.0 Å². The summed E-state index contributed by atoms with van der Waals surface area (Å²) in [6.45, 7) is 2.29. The summed E-state index contributed by atoms with van der Waals surface area (Å²) in [5, 5.41) is 2.80. The molecule has 2 aromatic carbocycles. The number of nitrogens with zero attached hydrogens (tertiary/aromatic N) is 1. The summed E-state index contributed by atoms with van der Waals surface area (Å²) in [5.74, 6) is 0.284. The molecule has 3 aliphatic rings. The van der Waals surface area contributed by atoms with Crippen LogP contribution in [0.3, 0.4) is 0 Å². The minimum atomic E-state index is -0.639. The van der Waals surface area contributed by atoms with Crippen molar-refractivity contribution in [1.82, 2.24) is 10.2 Å². The van der Waals surface area contributed by atoms with E-state index in [2.05, 4.69) is 12.2 Å². The summed E-state index contributed by atoms with van der Waals surface area (Å²) in [5.41, 5.74) is 3.12. The number of methoxy groups -OCH3 is 1. The van der Waals surface area contributed by atoms with Gasteiger partial charge in [-0.25, -0.2) is 4.79 Å². The van der Waals surface area contributed by atoms with E-state index in [-0.39, 0.29) is 35.5 Å². The zero-order valence-corrected chi connectivity index (χ0v) is 22.0. The van der Waals surface area contributed by atoms with E-state index in [1.165, 1.54) is 0 Å². The van der Waals surface area contributed by atoms with Crippen molar-refractivity contribution >= 4 is 29.5 Å². The molecule has 2 fully saturated rings. The third-order valence-corrected chi connectivity index (χ3v) is 9.03. The van der Waals surface area contributed by atoms with Crippen LogP contribution >= 0.6 is 11.8 Å². The number of rotatable bonds is 10.